The molecule has 0 amide bonds. The third-order valence-electron chi connectivity index (χ3n) is 3.38. The first-order chi connectivity index (χ1) is 8.83. The molecule has 0 aliphatic heterocycles. The van der Waals surface area contributed by atoms with Crippen molar-refractivity contribution >= 4 is 0 Å². The van der Waals surface area contributed by atoms with Crippen molar-refractivity contribution in [1.82, 2.24) is 5.32 Å². The van der Waals surface area contributed by atoms with Crippen LogP contribution in [0.1, 0.15) is 57.6 Å². The lowest BCUT2D eigenvalue weighted by Crippen LogP contribution is -2.20. The van der Waals surface area contributed by atoms with Crippen LogP contribution in [0.25, 0.3) is 0 Å². The highest BCUT2D eigenvalue weighted by Gasteiger charge is 2.23. The standard InChI is InChI=1S/C16H25NO/c1-3-5-9-16(17-4-2)13-7-6-8-15(12-13)18-14-10-11-14/h6-8,12,14,16-17H,3-5,9-11H2,1-2H3. The van der Waals surface area contributed by atoms with Gasteiger partial charge in [-0.2, -0.15) is 0 Å². The molecule has 0 bridgehead atoms. The molecular formula is C16H25NO. The van der Waals surface area contributed by atoms with Gasteiger partial charge in [-0.15, -0.1) is 0 Å². The maximum atomic E-state index is 5.87. The van der Waals surface area contributed by atoms with Crippen LogP contribution in [0.5, 0.6) is 5.75 Å². The van der Waals surface area contributed by atoms with Crippen molar-refractivity contribution in [2.24, 2.45) is 0 Å². The molecule has 1 fully saturated rings. The fourth-order valence-corrected chi connectivity index (χ4v) is 2.22. The molecule has 0 heterocycles. The molecule has 1 aliphatic rings. The third kappa shape index (κ3) is 4.02. The summed E-state index contributed by atoms with van der Waals surface area (Å²) >= 11 is 0. The van der Waals surface area contributed by atoms with Crippen molar-refractivity contribution < 1.29 is 4.74 Å². The van der Waals surface area contributed by atoms with Crippen LogP contribution >= 0.6 is 0 Å². The zero-order valence-electron chi connectivity index (χ0n) is 11.6. The minimum absolute atomic E-state index is 0.470. The van der Waals surface area contributed by atoms with Gasteiger partial charge in [-0.25, -0.2) is 0 Å². The van der Waals surface area contributed by atoms with Crippen LogP contribution < -0.4 is 10.1 Å². The van der Waals surface area contributed by atoms with Gasteiger partial charge in [0.05, 0.1) is 6.10 Å². The Morgan fingerprint density at radius 1 is 1.33 bits per heavy atom. The van der Waals surface area contributed by atoms with Gasteiger partial charge in [0.2, 0.25) is 0 Å². The van der Waals surface area contributed by atoms with Gasteiger partial charge in [-0.05, 0) is 43.5 Å². The fraction of sp³-hybridized carbons (Fsp3) is 0.625. The Balaban J connectivity index is 2.02. The number of unbranched alkanes of at least 4 members (excludes halogenated alkanes) is 1. The predicted molar refractivity (Wildman–Crippen MR) is 76.0 cm³/mol. The van der Waals surface area contributed by atoms with Crippen molar-refractivity contribution in [3.05, 3.63) is 29.8 Å². The van der Waals surface area contributed by atoms with Gasteiger partial charge in [0.15, 0.2) is 0 Å². The lowest BCUT2D eigenvalue weighted by Gasteiger charge is -2.19. The molecule has 1 aliphatic carbocycles. The second kappa shape index (κ2) is 6.79. The Morgan fingerprint density at radius 2 is 2.17 bits per heavy atom. The summed E-state index contributed by atoms with van der Waals surface area (Å²) in [4.78, 5) is 0. The average Bonchev–Trinajstić information content (AvgIpc) is 3.19. The molecule has 0 radical (unpaired) electrons. The van der Waals surface area contributed by atoms with Gasteiger partial charge in [0.1, 0.15) is 5.75 Å². The molecule has 1 N–H and O–H groups in total. The van der Waals surface area contributed by atoms with Crippen molar-refractivity contribution in [3.8, 4) is 5.75 Å². The first kappa shape index (κ1) is 13.4. The van der Waals surface area contributed by atoms with Crippen molar-refractivity contribution in [2.45, 2.75) is 58.1 Å². The second-order valence-electron chi connectivity index (χ2n) is 5.14. The van der Waals surface area contributed by atoms with Crippen molar-refractivity contribution in [1.29, 1.82) is 0 Å². The molecule has 2 rings (SSSR count). The van der Waals surface area contributed by atoms with Crippen molar-refractivity contribution in [2.75, 3.05) is 6.54 Å². The van der Waals surface area contributed by atoms with Gasteiger partial charge in [-0.1, -0.05) is 38.8 Å². The van der Waals surface area contributed by atoms with E-state index in [4.69, 9.17) is 4.74 Å². The Bertz CT molecular complexity index is 360. The molecule has 1 aromatic carbocycles. The Kier molecular flexibility index (Phi) is 5.06. The lowest BCUT2D eigenvalue weighted by molar-refractivity contribution is 0.302. The monoisotopic (exact) mass is 247 g/mol. The van der Waals surface area contributed by atoms with Crippen LogP contribution in [0, 0.1) is 0 Å². The second-order valence-corrected chi connectivity index (χ2v) is 5.14. The average molecular weight is 247 g/mol. The Hall–Kier alpha value is -1.02. The molecule has 100 valence electrons. The topological polar surface area (TPSA) is 21.3 Å². The van der Waals surface area contributed by atoms with E-state index in [-0.39, 0.29) is 0 Å². The first-order valence-electron chi connectivity index (χ1n) is 7.33. The van der Waals surface area contributed by atoms with E-state index < -0.39 is 0 Å². The third-order valence-corrected chi connectivity index (χ3v) is 3.38. The van der Waals surface area contributed by atoms with Gasteiger partial charge in [-0.3, -0.25) is 0 Å². The van der Waals surface area contributed by atoms with Crippen LogP contribution in [0.2, 0.25) is 0 Å². The minimum atomic E-state index is 0.470. The number of nitrogens with one attached hydrogen (secondary N) is 1. The molecule has 1 unspecified atom stereocenters. The van der Waals surface area contributed by atoms with E-state index in [1.54, 1.807) is 0 Å². The Labute approximate surface area is 111 Å². The normalized spacial score (nSPS) is 16.6. The SMILES string of the molecule is CCCCC(NCC)c1cccc(OC2CC2)c1. The Morgan fingerprint density at radius 3 is 2.83 bits per heavy atom. The summed E-state index contributed by atoms with van der Waals surface area (Å²) in [7, 11) is 0. The molecule has 18 heavy (non-hydrogen) atoms. The fourth-order valence-electron chi connectivity index (χ4n) is 2.22. The predicted octanol–water partition coefficient (Wildman–Crippen LogP) is 4.07. The van der Waals surface area contributed by atoms with Crippen molar-refractivity contribution in [3.63, 3.8) is 0 Å². The van der Waals surface area contributed by atoms with Crippen LogP contribution in [0.4, 0.5) is 0 Å². The number of hydrogen-bond donors (Lipinski definition) is 1. The van der Waals surface area contributed by atoms with E-state index in [9.17, 15) is 0 Å². The molecule has 0 aromatic heterocycles. The van der Waals surface area contributed by atoms with E-state index in [2.05, 4.69) is 43.4 Å². The molecule has 1 aromatic rings. The van der Waals surface area contributed by atoms with Crippen LogP contribution in [0.3, 0.4) is 0 Å². The summed E-state index contributed by atoms with van der Waals surface area (Å²) in [6.45, 7) is 5.43. The smallest absolute Gasteiger partial charge is 0.120 e. The number of rotatable bonds is 8. The van der Waals surface area contributed by atoms with Gasteiger partial charge in [0, 0.05) is 6.04 Å². The van der Waals surface area contributed by atoms with Gasteiger partial charge in [0.25, 0.3) is 0 Å². The van der Waals surface area contributed by atoms with E-state index in [1.165, 1.54) is 37.7 Å². The molecular weight excluding hydrogens is 222 g/mol. The highest BCUT2D eigenvalue weighted by Crippen LogP contribution is 2.29. The summed E-state index contributed by atoms with van der Waals surface area (Å²) in [6.07, 6.45) is 6.64. The molecule has 2 nitrogen and oxygen atoms in total. The highest BCUT2D eigenvalue weighted by atomic mass is 16.5. The molecule has 2 heteroatoms. The minimum Gasteiger partial charge on any atom is -0.490 e. The molecule has 0 saturated heterocycles. The number of ether oxygens (including phenoxy) is 1. The molecule has 1 atom stereocenters. The highest BCUT2D eigenvalue weighted by molar-refractivity contribution is 5.31. The zero-order chi connectivity index (χ0) is 12.8. The molecule has 1 saturated carbocycles. The largest absolute Gasteiger partial charge is 0.490 e. The zero-order valence-corrected chi connectivity index (χ0v) is 11.6. The van der Waals surface area contributed by atoms with Crippen LogP contribution in [-0.2, 0) is 0 Å². The summed E-state index contributed by atoms with van der Waals surface area (Å²) in [5.74, 6) is 1.04. The quantitative estimate of drug-likeness (QED) is 0.747. The first-order valence-corrected chi connectivity index (χ1v) is 7.33. The van der Waals surface area contributed by atoms with E-state index in [0.717, 1.165) is 12.3 Å². The lowest BCUT2D eigenvalue weighted by atomic mass is 10.0. The van der Waals surface area contributed by atoms with Gasteiger partial charge >= 0.3 is 0 Å². The van der Waals surface area contributed by atoms with Crippen LogP contribution in [-0.4, -0.2) is 12.6 Å². The van der Waals surface area contributed by atoms with Gasteiger partial charge < -0.3 is 10.1 Å². The maximum Gasteiger partial charge on any atom is 0.120 e. The molecule has 0 spiro atoms. The van der Waals surface area contributed by atoms with E-state index in [1.807, 2.05) is 0 Å². The van der Waals surface area contributed by atoms with E-state index in [0.29, 0.717) is 12.1 Å². The van der Waals surface area contributed by atoms with Crippen LogP contribution in [0.15, 0.2) is 24.3 Å². The summed E-state index contributed by atoms with van der Waals surface area (Å²) in [6, 6.07) is 9.08. The number of benzene rings is 1. The van der Waals surface area contributed by atoms with E-state index >= 15 is 0 Å². The number of hydrogen-bond acceptors (Lipinski definition) is 2. The summed E-state index contributed by atoms with van der Waals surface area (Å²) < 4.78 is 5.87. The summed E-state index contributed by atoms with van der Waals surface area (Å²) in [5, 5.41) is 3.57. The maximum absolute atomic E-state index is 5.87. The summed E-state index contributed by atoms with van der Waals surface area (Å²) in [5.41, 5.74) is 1.36.